The van der Waals surface area contributed by atoms with Gasteiger partial charge in [-0.05, 0) is 50.2 Å². The maximum absolute atomic E-state index is 12.8. The normalized spacial score (nSPS) is 29.1. The summed E-state index contributed by atoms with van der Waals surface area (Å²) in [5.74, 6) is 0.922. The Hall–Kier alpha value is -1.46. The first-order valence-electron chi connectivity index (χ1n) is 10.1. The van der Waals surface area contributed by atoms with Crippen molar-refractivity contribution in [3.63, 3.8) is 0 Å². The van der Waals surface area contributed by atoms with Gasteiger partial charge in [-0.3, -0.25) is 9.78 Å². The topological polar surface area (TPSA) is 51.7 Å². The predicted molar refractivity (Wildman–Crippen MR) is 98.7 cm³/mol. The van der Waals surface area contributed by atoms with Crippen LogP contribution in [0.1, 0.15) is 44.2 Å². The number of pyridine rings is 1. The Bertz CT molecular complexity index is 605. The van der Waals surface area contributed by atoms with Gasteiger partial charge in [-0.1, -0.05) is 12.5 Å². The van der Waals surface area contributed by atoms with E-state index in [0.29, 0.717) is 6.42 Å². The molecule has 0 unspecified atom stereocenters. The number of piperidine rings is 1. The lowest BCUT2D eigenvalue weighted by atomic mass is 9.73. The monoisotopic (exact) mass is 358 g/mol. The molecule has 0 radical (unpaired) electrons. The molecule has 5 heteroatoms. The van der Waals surface area contributed by atoms with E-state index < -0.39 is 0 Å². The number of hydrogen-bond acceptors (Lipinski definition) is 4. The predicted octanol–water partition coefficient (Wildman–Crippen LogP) is 2.84. The fourth-order valence-corrected chi connectivity index (χ4v) is 4.57. The zero-order valence-corrected chi connectivity index (χ0v) is 15.6. The Labute approximate surface area is 156 Å². The van der Waals surface area contributed by atoms with Crippen molar-refractivity contribution in [3.05, 3.63) is 30.1 Å². The van der Waals surface area contributed by atoms with E-state index in [-0.39, 0.29) is 17.4 Å². The minimum absolute atomic E-state index is 0.0278. The number of fused-ring (bicyclic) bond motifs is 1. The molecule has 4 rings (SSSR count). The van der Waals surface area contributed by atoms with Crippen molar-refractivity contribution in [2.24, 2.45) is 11.3 Å². The lowest BCUT2D eigenvalue weighted by Gasteiger charge is -2.50. The average Bonchev–Trinajstić information content (AvgIpc) is 2.64. The van der Waals surface area contributed by atoms with Crippen molar-refractivity contribution in [3.8, 4) is 0 Å². The van der Waals surface area contributed by atoms with E-state index in [0.717, 1.165) is 63.8 Å². The largest absolute Gasteiger partial charge is 0.380 e. The summed E-state index contributed by atoms with van der Waals surface area (Å²) in [6, 6.07) is 5.74. The first-order chi connectivity index (χ1) is 12.8. The Balaban J connectivity index is 1.39. The highest BCUT2D eigenvalue weighted by atomic mass is 16.5. The van der Waals surface area contributed by atoms with Gasteiger partial charge in [0.1, 0.15) is 0 Å². The molecule has 0 spiro atoms. The highest BCUT2D eigenvalue weighted by molar-refractivity contribution is 5.78. The van der Waals surface area contributed by atoms with Crippen molar-refractivity contribution in [1.82, 2.24) is 9.88 Å². The van der Waals surface area contributed by atoms with Gasteiger partial charge in [-0.15, -0.1) is 0 Å². The highest BCUT2D eigenvalue weighted by Crippen LogP contribution is 2.41. The Morgan fingerprint density at radius 1 is 1.31 bits per heavy atom. The second-order valence-electron chi connectivity index (χ2n) is 8.24. The molecule has 2 atom stereocenters. The molecule has 3 aliphatic rings. The number of amides is 1. The van der Waals surface area contributed by atoms with Gasteiger partial charge in [0.2, 0.25) is 5.91 Å². The second kappa shape index (κ2) is 8.05. The standard InChI is InChI=1S/C21H30N2O3/c24-20(13-18-7-1-2-10-22-18)23-11-8-19-21(15-23,9-4-12-26-19)16-25-14-17-5-3-6-17/h1-2,7,10,17,19H,3-6,8-9,11-16H2/t19-,21+/m1/s1. The Morgan fingerprint density at radius 2 is 2.23 bits per heavy atom. The van der Waals surface area contributed by atoms with E-state index in [1.807, 2.05) is 23.1 Å². The van der Waals surface area contributed by atoms with Crippen molar-refractivity contribution < 1.29 is 14.3 Å². The SMILES string of the molecule is O=C(Cc1ccccn1)N1CC[C@H]2OCCC[C@@]2(COCC2CCC2)C1. The molecule has 0 bridgehead atoms. The van der Waals surface area contributed by atoms with Gasteiger partial charge in [0.05, 0.1) is 19.1 Å². The van der Waals surface area contributed by atoms with Gasteiger partial charge in [0.15, 0.2) is 0 Å². The first kappa shape index (κ1) is 17.9. The Kier molecular flexibility index (Phi) is 5.55. The zero-order valence-electron chi connectivity index (χ0n) is 15.6. The molecule has 0 aromatic carbocycles. The third-order valence-corrected chi connectivity index (χ3v) is 6.37. The van der Waals surface area contributed by atoms with Crippen LogP contribution >= 0.6 is 0 Å². The lowest BCUT2D eigenvalue weighted by molar-refractivity contribution is -0.166. The molecule has 1 saturated carbocycles. The van der Waals surface area contributed by atoms with Crippen LogP contribution in [-0.4, -0.2) is 54.8 Å². The van der Waals surface area contributed by atoms with Crippen LogP contribution in [0.2, 0.25) is 0 Å². The quantitative estimate of drug-likeness (QED) is 0.785. The van der Waals surface area contributed by atoms with Crippen molar-refractivity contribution in [1.29, 1.82) is 0 Å². The van der Waals surface area contributed by atoms with Crippen LogP contribution in [0.25, 0.3) is 0 Å². The zero-order chi connectivity index (χ0) is 17.8. The third kappa shape index (κ3) is 3.94. The second-order valence-corrected chi connectivity index (χ2v) is 8.24. The molecular weight excluding hydrogens is 328 g/mol. The molecule has 142 valence electrons. The molecule has 3 heterocycles. The van der Waals surface area contributed by atoms with Gasteiger partial charge < -0.3 is 14.4 Å². The molecule has 1 amide bonds. The number of likely N-dealkylation sites (tertiary alicyclic amines) is 1. The van der Waals surface area contributed by atoms with Gasteiger partial charge in [-0.25, -0.2) is 0 Å². The summed E-state index contributed by atoms with van der Waals surface area (Å²) in [7, 11) is 0. The third-order valence-electron chi connectivity index (χ3n) is 6.37. The van der Waals surface area contributed by atoms with E-state index >= 15 is 0 Å². The summed E-state index contributed by atoms with van der Waals surface area (Å²) in [6.07, 6.45) is 9.40. The van der Waals surface area contributed by atoms with Gasteiger partial charge in [-0.2, -0.15) is 0 Å². The van der Waals surface area contributed by atoms with Crippen LogP contribution in [0.5, 0.6) is 0 Å². The number of nitrogens with zero attached hydrogens (tertiary/aromatic N) is 2. The molecule has 3 fully saturated rings. The summed E-state index contributed by atoms with van der Waals surface area (Å²) in [5.41, 5.74) is 0.815. The molecule has 1 aliphatic carbocycles. The lowest BCUT2D eigenvalue weighted by Crippen LogP contribution is -2.58. The number of hydrogen-bond donors (Lipinski definition) is 0. The number of carbonyl (C=O) groups is 1. The molecule has 5 nitrogen and oxygen atoms in total. The van der Waals surface area contributed by atoms with Gasteiger partial charge in [0.25, 0.3) is 0 Å². The number of rotatable bonds is 6. The molecule has 26 heavy (non-hydrogen) atoms. The van der Waals surface area contributed by atoms with Crippen LogP contribution in [0, 0.1) is 11.3 Å². The maximum Gasteiger partial charge on any atom is 0.228 e. The van der Waals surface area contributed by atoms with E-state index in [1.165, 1.54) is 19.3 Å². The molecule has 0 N–H and O–H groups in total. The van der Waals surface area contributed by atoms with E-state index in [9.17, 15) is 4.79 Å². The highest BCUT2D eigenvalue weighted by Gasteiger charge is 2.47. The Morgan fingerprint density at radius 3 is 3.00 bits per heavy atom. The van der Waals surface area contributed by atoms with E-state index in [1.54, 1.807) is 6.20 Å². The average molecular weight is 358 g/mol. The number of ether oxygens (including phenoxy) is 2. The van der Waals surface area contributed by atoms with E-state index in [4.69, 9.17) is 9.47 Å². The van der Waals surface area contributed by atoms with Gasteiger partial charge in [0, 0.05) is 43.6 Å². The molecular formula is C21H30N2O3. The molecule has 1 aromatic rings. The summed E-state index contributed by atoms with van der Waals surface area (Å²) in [6.45, 7) is 3.98. The maximum atomic E-state index is 12.8. The van der Waals surface area contributed by atoms with Crippen LogP contribution in [0.15, 0.2) is 24.4 Å². The molecule has 2 saturated heterocycles. The molecule has 1 aromatic heterocycles. The fourth-order valence-electron chi connectivity index (χ4n) is 4.57. The number of carbonyl (C=O) groups excluding carboxylic acids is 1. The summed E-state index contributed by atoms with van der Waals surface area (Å²) in [5, 5.41) is 0. The van der Waals surface area contributed by atoms with Crippen LogP contribution < -0.4 is 0 Å². The van der Waals surface area contributed by atoms with Crippen LogP contribution in [0.4, 0.5) is 0 Å². The van der Waals surface area contributed by atoms with Crippen molar-refractivity contribution >= 4 is 5.91 Å². The summed E-state index contributed by atoms with van der Waals surface area (Å²) < 4.78 is 12.3. The minimum Gasteiger partial charge on any atom is -0.380 e. The first-order valence-corrected chi connectivity index (χ1v) is 10.1. The molecule has 2 aliphatic heterocycles. The van der Waals surface area contributed by atoms with E-state index in [2.05, 4.69) is 4.98 Å². The fraction of sp³-hybridized carbons (Fsp3) is 0.714. The van der Waals surface area contributed by atoms with Crippen molar-refractivity contribution in [2.45, 2.75) is 51.0 Å². The van der Waals surface area contributed by atoms with Gasteiger partial charge >= 0.3 is 0 Å². The summed E-state index contributed by atoms with van der Waals surface area (Å²) in [4.78, 5) is 19.1. The summed E-state index contributed by atoms with van der Waals surface area (Å²) >= 11 is 0. The van der Waals surface area contributed by atoms with Crippen LogP contribution in [-0.2, 0) is 20.7 Å². The van der Waals surface area contributed by atoms with Crippen molar-refractivity contribution in [2.75, 3.05) is 32.9 Å². The smallest absolute Gasteiger partial charge is 0.228 e. The minimum atomic E-state index is -0.0278. The number of aromatic nitrogens is 1. The van der Waals surface area contributed by atoms with Crippen LogP contribution in [0.3, 0.4) is 0 Å².